The molecule has 2 fully saturated rings. The smallest absolute Gasteiger partial charge is 0.162 e. The van der Waals surface area contributed by atoms with Crippen molar-refractivity contribution >= 4 is 0 Å². The third-order valence-corrected chi connectivity index (χ3v) is 8.58. The van der Waals surface area contributed by atoms with Crippen molar-refractivity contribution in [2.75, 3.05) is 13.7 Å². The van der Waals surface area contributed by atoms with Crippen LogP contribution in [0.25, 0.3) is 0 Å². The van der Waals surface area contributed by atoms with Gasteiger partial charge in [0.25, 0.3) is 0 Å². The van der Waals surface area contributed by atoms with Crippen LogP contribution in [0.15, 0.2) is 23.8 Å². The molecule has 6 heteroatoms. The molecule has 2 saturated carbocycles. The maximum Gasteiger partial charge on any atom is 0.162 e. The molecular weight excluding hydrogens is 444 g/mol. The van der Waals surface area contributed by atoms with Crippen LogP contribution in [0, 0.1) is 23.5 Å². The molecular formula is C28H38F4O2. The lowest BCUT2D eigenvalue weighted by molar-refractivity contribution is -0.00393. The zero-order valence-corrected chi connectivity index (χ0v) is 20.4. The van der Waals surface area contributed by atoms with E-state index >= 15 is 8.78 Å². The van der Waals surface area contributed by atoms with E-state index in [1.165, 1.54) is 7.11 Å². The number of halogens is 4. The van der Waals surface area contributed by atoms with Gasteiger partial charge < -0.3 is 9.47 Å². The van der Waals surface area contributed by atoms with E-state index in [0.717, 1.165) is 32.1 Å². The van der Waals surface area contributed by atoms with E-state index in [2.05, 4.69) is 6.92 Å². The lowest BCUT2D eigenvalue weighted by atomic mass is 9.76. The Kier molecular flexibility index (Phi) is 8.73. The molecule has 0 N–H and O–H groups in total. The highest BCUT2D eigenvalue weighted by Crippen LogP contribution is 2.42. The van der Waals surface area contributed by atoms with Gasteiger partial charge in [-0.3, -0.25) is 0 Å². The Morgan fingerprint density at radius 3 is 1.82 bits per heavy atom. The van der Waals surface area contributed by atoms with Crippen LogP contribution < -0.4 is 0 Å². The van der Waals surface area contributed by atoms with Crippen LogP contribution in [0.3, 0.4) is 0 Å². The molecule has 1 aromatic carbocycles. The van der Waals surface area contributed by atoms with Gasteiger partial charge in [-0.25, -0.2) is 17.6 Å². The zero-order chi connectivity index (χ0) is 24.2. The molecule has 0 spiro atoms. The van der Waals surface area contributed by atoms with Crippen LogP contribution in [-0.4, -0.2) is 25.9 Å². The predicted molar refractivity (Wildman–Crippen MR) is 125 cm³/mol. The fraction of sp³-hybridized carbons (Fsp3) is 0.714. The summed E-state index contributed by atoms with van der Waals surface area (Å²) in [6, 6.07) is 3.61. The molecule has 2 atom stereocenters. The lowest BCUT2D eigenvalue weighted by Gasteiger charge is -2.32. The van der Waals surface area contributed by atoms with Crippen molar-refractivity contribution in [2.45, 2.75) is 102 Å². The molecule has 0 bridgehead atoms. The maximum atomic E-state index is 15.1. The van der Waals surface area contributed by atoms with Gasteiger partial charge in [0.05, 0.1) is 12.7 Å². The average molecular weight is 483 g/mol. The third kappa shape index (κ3) is 5.53. The van der Waals surface area contributed by atoms with Crippen LogP contribution in [0.2, 0.25) is 0 Å². The Hall–Kier alpha value is -1.40. The summed E-state index contributed by atoms with van der Waals surface area (Å²) >= 11 is 0. The fourth-order valence-corrected chi connectivity index (χ4v) is 6.22. The van der Waals surface area contributed by atoms with Crippen LogP contribution in [0.5, 0.6) is 0 Å². The number of benzene rings is 1. The van der Waals surface area contributed by atoms with Crippen LogP contribution >= 0.6 is 0 Å². The van der Waals surface area contributed by atoms with Gasteiger partial charge >= 0.3 is 0 Å². The van der Waals surface area contributed by atoms with Crippen molar-refractivity contribution < 1.29 is 27.0 Å². The molecule has 1 aromatic rings. The normalized spacial score (nSPS) is 32.8. The van der Waals surface area contributed by atoms with E-state index in [4.69, 9.17) is 9.47 Å². The summed E-state index contributed by atoms with van der Waals surface area (Å²) in [5, 5.41) is 0. The van der Waals surface area contributed by atoms with E-state index < -0.39 is 35.3 Å². The van der Waals surface area contributed by atoms with Crippen LogP contribution in [0.4, 0.5) is 17.6 Å². The first-order chi connectivity index (χ1) is 16.4. The minimum absolute atomic E-state index is 0.0366. The average Bonchev–Trinajstić information content (AvgIpc) is 2.87. The van der Waals surface area contributed by atoms with Gasteiger partial charge in [0, 0.05) is 13.0 Å². The molecule has 0 heterocycles. The molecule has 0 aromatic heterocycles. The summed E-state index contributed by atoms with van der Waals surface area (Å²) in [7, 11) is 1.38. The third-order valence-electron chi connectivity index (χ3n) is 8.58. The Labute approximate surface area is 201 Å². The second-order valence-corrected chi connectivity index (χ2v) is 10.5. The standard InChI is InChI=1S/C28H38F4O2/c1-3-17-4-6-18(7-5-17)22-13-14-23(27(31)26(22)30)19-8-11-21(12-9-19)34-16-20-10-15-24(33-2)28(32)25(20)29/h13-14,17-21,24H,3-12,15-16H2,1-2H3. The summed E-state index contributed by atoms with van der Waals surface area (Å²) in [5.74, 6) is -2.69. The molecule has 0 radical (unpaired) electrons. The second-order valence-electron chi connectivity index (χ2n) is 10.5. The van der Waals surface area contributed by atoms with Crippen molar-refractivity contribution in [1.82, 2.24) is 0 Å². The highest BCUT2D eigenvalue weighted by molar-refractivity contribution is 5.32. The van der Waals surface area contributed by atoms with Crippen LogP contribution in [0.1, 0.15) is 101 Å². The maximum absolute atomic E-state index is 15.1. The van der Waals surface area contributed by atoms with Gasteiger partial charge in [-0.2, -0.15) is 0 Å². The van der Waals surface area contributed by atoms with Gasteiger partial charge in [-0.15, -0.1) is 0 Å². The first-order valence-corrected chi connectivity index (χ1v) is 13.1. The van der Waals surface area contributed by atoms with Crippen molar-refractivity contribution in [2.24, 2.45) is 11.8 Å². The van der Waals surface area contributed by atoms with Crippen LogP contribution in [-0.2, 0) is 9.47 Å². The molecule has 0 amide bonds. The minimum atomic E-state index is -0.814. The van der Waals surface area contributed by atoms with Crippen molar-refractivity contribution in [3.63, 3.8) is 0 Å². The molecule has 0 aliphatic heterocycles. The largest absolute Gasteiger partial charge is 0.377 e. The number of rotatable bonds is 7. The highest BCUT2D eigenvalue weighted by atomic mass is 19.2. The number of ether oxygens (including phenoxy) is 2. The van der Waals surface area contributed by atoms with Crippen molar-refractivity contribution in [3.8, 4) is 0 Å². The fourth-order valence-electron chi connectivity index (χ4n) is 6.22. The topological polar surface area (TPSA) is 18.5 Å². The van der Waals surface area contributed by atoms with E-state index in [9.17, 15) is 8.78 Å². The summed E-state index contributed by atoms with van der Waals surface area (Å²) in [6.45, 7) is 2.34. The van der Waals surface area contributed by atoms with Gasteiger partial charge in [0.2, 0.25) is 0 Å². The highest BCUT2D eigenvalue weighted by Gasteiger charge is 2.33. The van der Waals surface area contributed by atoms with E-state index in [1.54, 1.807) is 6.07 Å². The quantitative estimate of drug-likeness (QED) is 0.364. The Morgan fingerprint density at radius 1 is 0.735 bits per heavy atom. The first kappa shape index (κ1) is 25.7. The predicted octanol–water partition coefficient (Wildman–Crippen LogP) is 8.27. The molecule has 2 nitrogen and oxygen atoms in total. The summed E-state index contributed by atoms with van der Waals surface area (Å²) in [4.78, 5) is 0. The summed E-state index contributed by atoms with van der Waals surface area (Å²) < 4.78 is 69.3. The summed E-state index contributed by atoms with van der Waals surface area (Å²) in [6.07, 6.45) is 8.10. The van der Waals surface area contributed by atoms with E-state index in [0.29, 0.717) is 55.6 Å². The van der Waals surface area contributed by atoms with Crippen molar-refractivity contribution in [1.29, 1.82) is 0 Å². The second kappa shape index (κ2) is 11.6. The van der Waals surface area contributed by atoms with E-state index in [-0.39, 0.29) is 24.5 Å². The number of hydrogen-bond acceptors (Lipinski definition) is 2. The molecule has 34 heavy (non-hydrogen) atoms. The van der Waals surface area contributed by atoms with Gasteiger partial charge in [-0.05, 0) is 93.1 Å². The Balaban J connectivity index is 1.30. The summed E-state index contributed by atoms with van der Waals surface area (Å²) in [5.41, 5.74) is 1.01. The number of hydrogen-bond donors (Lipinski definition) is 0. The Bertz CT molecular complexity index is 854. The van der Waals surface area contributed by atoms with Gasteiger partial charge in [0.15, 0.2) is 17.5 Å². The van der Waals surface area contributed by atoms with Gasteiger partial charge in [-0.1, -0.05) is 25.5 Å². The molecule has 3 aliphatic carbocycles. The van der Waals surface area contributed by atoms with Crippen molar-refractivity contribution in [3.05, 3.63) is 46.5 Å². The van der Waals surface area contributed by atoms with E-state index in [1.807, 2.05) is 6.07 Å². The minimum Gasteiger partial charge on any atom is -0.377 e. The lowest BCUT2D eigenvalue weighted by Crippen LogP contribution is -2.28. The molecule has 2 unspecified atom stereocenters. The first-order valence-electron chi connectivity index (χ1n) is 13.1. The monoisotopic (exact) mass is 482 g/mol. The molecule has 190 valence electrons. The van der Waals surface area contributed by atoms with Gasteiger partial charge in [0.1, 0.15) is 11.9 Å². The Morgan fingerprint density at radius 2 is 1.29 bits per heavy atom. The molecule has 3 aliphatic rings. The SMILES string of the molecule is CCC1CCC(c2ccc(C3CCC(OCC4CCC(OC)C(F)=C4F)CC3)c(F)c2F)CC1. The number of methoxy groups -OCH3 is 1. The molecule has 0 saturated heterocycles. The zero-order valence-electron chi connectivity index (χ0n) is 20.4. The molecule has 4 rings (SSSR count).